The second-order valence-corrected chi connectivity index (χ2v) is 6.16. The van der Waals surface area contributed by atoms with Crippen molar-refractivity contribution < 1.29 is 9.47 Å². The van der Waals surface area contributed by atoms with Gasteiger partial charge >= 0.3 is 0 Å². The Bertz CT molecular complexity index is 1060. The predicted octanol–water partition coefficient (Wildman–Crippen LogP) is 5.66. The van der Waals surface area contributed by atoms with Crippen LogP contribution in [0.1, 0.15) is 0 Å². The Morgan fingerprint density at radius 2 is 1.44 bits per heavy atom. The third-order valence-electron chi connectivity index (χ3n) is 4.46. The molecule has 0 unspecified atom stereocenters. The van der Waals surface area contributed by atoms with E-state index in [1.165, 1.54) is 0 Å². The number of hydrogen-bond donors (Lipinski definition) is 1. The summed E-state index contributed by atoms with van der Waals surface area (Å²) in [6.45, 7) is 0. The van der Waals surface area contributed by atoms with Crippen LogP contribution in [0.15, 0.2) is 78.9 Å². The lowest BCUT2D eigenvalue weighted by molar-refractivity contribution is 0.415. The van der Waals surface area contributed by atoms with Gasteiger partial charge < -0.3 is 14.8 Å². The van der Waals surface area contributed by atoms with E-state index < -0.39 is 0 Å². The molecule has 1 heterocycles. The average Bonchev–Trinajstić information content (AvgIpc) is 2.73. The molecule has 4 rings (SSSR count). The van der Waals surface area contributed by atoms with Crippen LogP contribution in [0.3, 0.4) is 0 Å². The van der Waals surface area contributed by atoms with Gasteiger partial charge in [-0.1, -0.05) is 30.3 Å². The van der Waals surface area contributed by atoms with Crippen molar-refractivity contribution in [2.24, 2.45) is 0 Å². The molecule has 0 fully saturated rings. The van der Waals surface area contributed by atoms with E-state index in [9.17, 15) is 0 Å². The van der Waals surface area contributed by atoms with Crippen molar-refractivity contribution >= 4 is 22.4 Å². The smallest absolute Gasteiger partial charge is 0.131 e. The fourth-order valence-electron chi connectivity index (χ4n) is 3.08. The van der Waals surface area contributed by atoms with Crippen LogP contribution in [0.2, 0.25) is 0 Å². The molecule has 0 aliphatic carbocycles. The van der Waals surface area contributed by atoms with Gasteiger partial charge in [0.25, 0.3) is 0 Å². The number of fused-ring (bicyclic) bond motifs is 1. The number of ether oxygens (including phenoxy) is 2. The standard InChI is InChI=1S/C23H20N2O2/c1-26-18-10-8-16(9-11-18)21-15-23(24-17-6-4-3-5-7-17)25-22-14-19(27-2)12-13-20(21)22/h3-15H,1-2H3,(H,24,25). The topological polar surface area (TPSA) is 43.4 Å². The Labute approximate surface area is 158 Å². The Morgan fingerprint density at radius 3 is 2.15 bits per heavy atom. The van der Waals surface area contributed by atoms with Crippen LogP contribution in [-0.4, -0.2) is 19.2 Å². The molecule has 0 amide bonds. The molecule has 0 atom stereocenters. The number of rotatable bonds is 5. The van der Waals surface area contributed by atoms with E-state index in [1.54, 1.807) is 14.2 Å². The second kappa shape index (κ2) is 7.38. The lowest BCUT2D eigenvalue weighted by Crippen LogP contribution is -1.96. The van der Waals surface area contributed by atoms with Gasteiger partial charge in [0, 0.05) is 17.1 Å². The summed E-state index contributed by atoms with van der Waals surface area (Å²) in [7, 11) is 3.34. The molecule has 0 saturated carbocycles. The first-order valence-corrected chi connectivity index (χ1v) is 8.72. The summed E-state index contributed by atoms with van der Waals surface area (Å²) in [5, 5.41) is 4.46. The highest BCUT2D eigenvalue weighted by atomic mass is 16.5. The minimum absolute atomic E-state index is 0.785. The van der Waals surface area contributed by atoms with Gasteiger partial charge in [-0.3, -0.25) is 0 Å². The molecule has 0 saturated heterocycles. The number of hydrogen-bond acceptors (Lipinski definition) is 4. The molecule has 0 aliphatic rings. The second-order valence-electron chi connectivity index (χ2n) is 6.16. The summed E-state index contributed by atoms with van der Waals surface area (Å²) in [6, 6.07) is 26.1. The summed E-state index contributed by atoms with van der Waals surface area (Å²) in [5.41, 5.74) is 4.07. The summed E-state index contributed by atoms with van der Waals surface area (Å²) < 4.78 is 10.7. The molecule has 0 bridgehead atoms. The third kappa shape index (κ3) is 3.55. The number of methoxy groups -OCH3 is 2. The van der Waals surface area contributed by atoms with Crippen molar-refractivity contribution in [3.63, 3.8) is 0 Å². The highest BCUT2D eigenvalue weighted by molar-refractivity contribution is 5.97. The zero-order chi connectivity index (χ0) is 18.6. The fourth-order valence-corrected chi connectivity index (χ4v) is 3.08. The fraction of sp³-hybridized carbons (Fsp3) is 0.0870. The van der Waals surface area contributed by atoms with Crippen LogP contribution in [0, 0.1) is 0 Å². The van der Waals surface area contributed by atoms with E-state index in [2.05, 4.69) is 23.5 Å². The van der Waals surface area contributed by atoms with E-state index >= 15 is 0 Å². The van der Waals surface area contributed by atoms with Crippen molar-refractivity contribution in [2.75, 3.05) is 19.5 Å². The number of aromatic nitrogens is 1. The predicted molar refractivity (Wildman–Crippen MR) is 110 cm³/mol. The number of benzene rings is 3. The summed E-state index contributed by atoms with van der Waals surface area (Å²) >= 11 is 0. The molecular formula is C23H20N2O2. The van der Waals surface area contributed by atoms with E-state index in [0.717, 1.165) is 45.0 Å². The van der Waals surface area contributed by atoms with Crippen LogP contribution in [0.25, 0.3) is 22.0 Å². The lowest BCUT2D eigenvalue weighted by atomic mass is 10.0. The molecular weight excluding hydrogens is 336 g/mol. The molecule has 4 nitrogen and oxygen atoms in total. The van der Waals surface area contributed by atoms with Crippen molar-refractivity contribution in [2.45, 2.75) is 0 Å². The monoisotopic (exact) mass is 356 g/mol. The largest absolute Gasteiger partial charge is 0.497 e. The zero-order valence-electron chi connectivity index (χ0n) is 15.3. The number of para-hydroxylation sites is 1. The zero-order valence-corrected chi connectivity index (χ0v) is 15.3. The molecule has 1 aromatic heterocycles. The van der Waals surface area contributed by atoms with Crippen molar-refractivity contribution in [1.29, 1.82) is 0 Å². The van der Waals surface area contributed by atoms with Crippen molar-refractivity contribution in [3.8, 4) is 22.6 Å². The maximum absolute atomic E-state index is 5.38. The number of anilines is 2. The van der Waals surface area contributed by atoms with Crippen molar-refractivity contribution in [3.05, 3.63) is 78.9 Å². The first-order chi connectivity index (χ1) is 13.3. The number of pyridine rings is 1. The minimum Gasteiger partial charge on any atom is -0.497 e. The molecule has 4 aromatic rings. The van der Waals surface area contributed by atoms with E-state index in [4.69, 9.17) is 14.5 Å². The molecule has 3 aromatic carbocycles. The van der Waals surface area contributed by atoms with E-state index in [1.807, 2.05) is 60.7 Å². The van der Waals surface area contributed by atoms with E-state index in [-0.39, 0.29) is 0 Å². The van der Waals surface area contributed by atoms with Gasteiger partial charge in [0.1, 0.15) is 17.3 Å². The van der Waals surface area contributed by atoms with E-state index in [0.29, 0.717) is 0 Å². The van der Waals surface area contributed by atoms with Crippen LogP contribution in [0.5, 0.6) is 11.5 Å². The van der Waals surface area contributed by atoms with Gasteiger partial charge in [0.15, 0.2) is 0 Å². The maximum atomic E-state index is 5.38. The molecule has 0 aliphatic heterocycles. The summed E-state index contributed by atoms with van der Waals surface area (Å²) in [6.07, 6.45) is 0. The molecule has 27 heavy (non-hydrogen) atoms. The Hall–Kier alpha value is -3.53. The molecule has 0 radical (unpaired) electrons. The molecule has 4 heteroatoms. The van der Waals surface area contributed by atoms with Gasteiger partial charge in [-0.25, -0.2) is 4.98 Å². The summed E-state index contributed by atoms with van der Waals surface area (Å²) in [4.78, 5) is 4.78. The third-order valence-corrected chi connectivity index (χ3v) is 4.46. The highest BCUT2D eigenvalue weighted by Gasteiger charge is 2.10. The SMILES string of the molecule is COc1ccc(-c2cc(Nc3ccccc3)nc3cc(OC)ccc23)cc1. The summed E-state index contributed by atoms with van der Waals surface area (Å²) in [5.74, 6) is 2.40. The highest BCUT2D eigenvalue weighted by Crippen LogP contribution is 2.33. The van der Waals surface area contributed by atoms with Crippen LogP contribution >= 0.6 is 0 Å². The lowest BCUT2D eigenvalue weighted by Gasteiger charge is -2.13. The number of nitrogens with one attached hydrogen (secondary N) is 1. The van der Waals surface area contributed by atoms with Crippen LogP contribution < -0.4 is 14.8 Å². The maximum Gasteiger partial charge on any atom is 0.131 e. The van der Waals surface area contributed by atoms with Crippen LogP contribution in [0.4, 0.5) is 11.5 Å². The Morgan fingerprint density at radius 1 is 0.741 bits per heavy atom. The quantitative estimate of drug-likeness (QED) is 0.501. The van der Waals surface area contributed by atoms with Gasteiger partial charge in [0.2, 0.25) is 0 Å². The van der Waals surface area contributed by atoms with Gasteiger partial charge in [-0.05, 0) is 53.6 Å². The Balaban J connectivity index is 1.86. The average molecular weight is 356 g/mol. The van der Waals surface area contributed by atoms with Gasteiger partial charge in [-0.2, -0.15) is 0 Å². The van der Waals surface area contributed by atoms with Gasteiger partial charge in [-0.15, -0.1) is 0 Å². The molecule has 0 spiro atoms. The normalized spacial score (nSPS) is 10.6. The van der Waals surface area contributed by atoms with Gasteiger partial charge in [0.05, 0.1) is 19.7 Å². The Kier molecular flexibility index (Phi) is 4.62. The number of nitrogens with zero attached hydrogens (tertiary/aromatic N) is 1. The van der Waals surface area contributed by atoms with Crippen molar-refractivity contribution in [1.82, 2.24) is 4.98 Å². The first-order valence-electron chi connectivity index (χ1n) is 8.72. The first kappa shape index (κ1) is 16.9. The molecule has 134 valence electrons. The van der Waals surface area contributed by atoms with Crippen LogP contribution in [-0.2, 0) is 0 Å². The molecule has 1 N–H and O–H groups in total. The minimum atomic E-state index is 0.785.